The fourth-order valence-corrected chi connectivity index (χ4v) is 2.59. The monoisotopic (exact) mass is 302 g/mol. The van der Waals surface area contributed by atoms with E-state index < -0.39 is 0 Å². The third-order valence-electron chi connectivity index (χ3n) is 3.22. The molecular weight excluding hydrogens is 288 g/mol. The van der Waals surface area contributed by atoms with Gasteiger partial charge in [0.05, 0.1) is 0 Å². The first-order valence-electron chi connectivity index (χ1n) is 5.86. The van der Waals surface area contributed by atoms with Crippen LogP contribution in [0.3, 0.4) is 0 Å². The maximum Gasteiger partial charge on any atom is 0.150 e. The lowest BCUT2D eigenvalue weighted by atomic mass is 9.94. The van der Waals surface area contributed by atoms with Crippen molar-refractivity contribution in [3.63, 3.8) is 0 Å². The number of benzene rings is 2. The van der Waals surface area contributed by atoms with Crippen LogP contribution in [0.2, 0.25) is 0 Å². The maximum atomic E-state index is 10.9. The molecule has 0 aliphatic carbocycles. The van der Waals surface area contributed by atoms with Gasteiger partial charge in [0.15, 0.2) is 0 Å². The summed E-state index contributed by atoms with van der Waals surface area (Å²) in [5.41, 5.74) is 6.46. The summed E-state index contributed by atoms with van der Waals surface area (Å²) in [4.78, 5) is 10.9. The Hall–Kier alpha value is -1.41. The number of carbonyl (C=O) groups excluding carboxylic acids is 1. The minimum absolute atomic E-state index is 0.764. The molecule has 0 spiro atoms. The number of carbonyl (C=O) groups is 1. The molecule has 18 heavy (non-hydrogen) atoms. The Kier molecular flexibility index (Phi) is 3.67. The number of hydrogen-bond donors (Lipinski definition) is 0. The molecule has 0 bridgehead atoms. The summed E-state index contributed by atoms with van der Waals surface area (Å²) in [6.45, 7) is 6.09. The van der Waals surface area contributed by atoms with Gasteiger partial charge in [-0.2, -0.15) is 0 Å². The first kappa shape index (κ1) is 13.0. The van der Waals surface area contributed by atoms with Gasteiger partial charge in [-0.05, 0) is 70.6 Å². The zero-order valence-corrected chi connectivity index (χ0v) is 12.3. The Labute approximate surface area is 116 Å². The van der Waals surface area contributed by atoms with Crippen LogP contribution in [-0.4, -0.2) is 6.29 Å². The van der Waals surface area contributed by atoms with Crippen LogP contribution in [0, 0.1) is 20.8 Å². The van der Waals surface area contributed by atoms with Crippen molar-refractivity contribution >= 4 is 22.2 Å². The standard InChI is InChI=1S/C16H15BrO/c1-10-5-4-6-14(16(10)17)15-8-11(2)13(9-18)7-12(15)3/h4-9H,1-3H3. The number of aldehydes is 1. The Bertz CT molecular complexity index is 615. The molecule has 0 fully saturated rings. The molecule has 0 aliphatic heterocycles. The van der Waals surface area contributed by atoms with Gasteiger partial charge in [-0.3, -0.25) is 4.79 Å². The first-order chi connectivity index (χ1) is 8.54. The van der Waals surface area contributed by atoms with Crippen LogP contribution < -0.4 is 0 Å². The third kappa shape index (κ3) is 2.25. The van der Waals surface area contributed by atoms with Crippen LogP contribution in [0.1, 0.15) is 27.0 Å². The molecule has 0 amide bonds. The Balaban J connectivity index is 2.68. The van der Waals surface area contributed by atoms with Gasteiger partial charge in [0, 0.05) is 10.0 Å². The van der Waals surface area contributed by atoms with Crippen molar-refractivity contribution in [2.24, 2.45) is 0 Å². The lowest BCUT2D eigenvalue weighted by Crippen LogP contribution is -1.93. The van der Waals surface area contributed by atoms with Crippen molar-refractivity contribution in [2.45, 2.75) is 20.8 Å². The van der Waals surface area contributed by atoms with E-state index in [1.54, 1.807) is 0 Å². The highest BCUT2D eigenvalue weighted by atomic mass is 79.9. The Morgan fingerprint density at radius 1 is 0.944 bits per heavy atom. The number of rotatable bonds is 2. The van der Waals surface area contributed by atoms with E-state index in [0.717, 1.165) is 27.4 Å². The molecule has 1 nitrogen and oxygen atoms in total. The van der Waals surface area contributed by atoms with Gasteiger partial charge in [0.1, 0.15) is 6.29 Å². The molecule has 0 saturated heterocycles. The quantitative estimate of drug-likeness (QED) is 0.725. The highest BCUT2D eigenvalue weighted by Crippen LogP contribution is 2.33. The second kappa shape index (κ2) is 5.07. The molecule has 0 atom stereocenters. The van der Waals surface area contributed by atoms with Crippen LogP contribution >= 0.6 is 15.9 Å². The van der Waals surface area contributed by atoms with E-state index in [-0.39, 0.29) is 0 Å². The topological polar surface area (TPSA) is 17.1 Å². The van der Waals surface area contributed by atoms with Crippen LogP contribution in [0.5, 0.6) is 0 Å². The van der Waals surface area contributed by atoms with Crippen molar-refractivity contribution in [3.05, 3.63) is 57.1 Å². The molecular formula is C16H15BrO. The zero-order chi connectivity index (χ0) is 13.3. The predicted octanol–water partition coefficient (Wildman–Crippen LogP) is 4.85. The Morgan fingerprint density at radius 2 is 1.67 bits per heavy atom. The molecule has 0 aromatic heterocycles. The molecule has 2 heteroatoms. The smallest absolute Gasteiger partial charge is 0.150 e. The van der Waals surface area contributed by atoms with Crippen LogP contribution in [0.15, 0.2) is 34.8 Å². The molecule has 0 radical (unpaired) electrons. The first-order valence-corrected chi connectivity index (χ1v) is 6.66. The number of aryl methyl sites for hydroxylation is 3. The molecule has 0 aliphatic rings. The highest BCUT2D eigenvalue weighted by Gasteiger charge is 2.10. The summed E-state index contributed by atoms with van der Waals surface area (Å²) in [6, 6.07) is 10.3. The van der Waals surface area contributed by atoms with Crippen molar-refractivity contribution in [2.75, 3.05) is 0 Å². The van der Waals surface area contributed by atoms with Crippen molar-refractivity contribution in [1.82, 2.24) is 0 Å². The Morgan fingerprint density at radius 3 is 2.33 bits per heavy atom. The third-order valence-corrected chi connectivity index (χ3v) is 4.27. The van der Waals surface area contributed by atoms with Gasteiger partial charge < -0.3 is 0 Å². The minimum atomic E-state index is 0.764. The molecule has 2 rings (SSSR count). The predicted molar refractivity (Wildman–Crippen MR) is 79.2 cm³/mol. The number of hydrogen-bond acceptors (Lipinski definition) is 1. The van der Waals surface area contributed by atoms with Crippen molar-refractivity contribution in [3.8, 4) is 11.1 Å². The van der Waals surface area contributed by atoms with E-state index in [1.807, 2.05) is 19.9 Å². The molecule has 0 heterocycles. The summed E-state index contributed by atoms with van der Waals surface area (Å²) in [5, 5.41) is 0. The van der Waals surface area contributed by atoms with Crippen LogP contribution in [0.25, 0.3) is 11.1 Å². The lowest BCUT2D eigenvalue weighted by Gasteiger charge is -2.12. The molecule has 0 N–H and O–H groups in total. The fourth-order valence-electron chi connectivity index (χ4n) is 2.11. The average Bonchev–Trinajstić information content (AvgIpc) is 2.35. The largest absolute Gasteiger partial charge is 0.298 e. The molecule has 2 aromatic carbocycles. The normalized spacial score (nSPS) is 10.4. The van der Waals surface area contributed by atoms with Crippen LogP contribution in [0.4, 0.5) is 0 Å². The molecule has 2 aromatic rings. The molecule has 0 unspecified atom stereocenters. The van der Waals surface area contributed by atoms with E-state index in [9.17, 15) is 4.79 Å². The zero-order valence-electron chi connectivity index (χ0n) is 10.8. The summed E-state index contributed by atoms with van der Waals surface area (Å²) in [7, 11) is 0. The van der Waals surface area contributed by atoms with E-state index in [2.05, 4.69) is 47.1 Å². The maximum absolute atomic E-state index is 10.9. The summed E-state index contributed by atoms with van der Waals surface area (Å²) in [6.07, 6.45) is 0.914. The van der Waals surface area contributed by atoms with Gasteiger partial charge >= 0.3 is 0 Å². The van der Waals surface area contributed by atoms with Gasteiger partial charge in [-0.15, -0.1) is 0 Å². The lowest BCUT2D eigenvalue weighted by molar-refractivity contribution is 0.112. The molecule has 92 valence electrons. The average molecular weight is 303 g/mol. The van der Waals surface area contributed by atoms with E-state index in [0.29, 0.717) is 0 Å². The second-order valence-corrected chi connectivity index (χ2v) is 5.37. The SMILES string of the molecule is Cc1cc(-c2cccc(C)c2Br)c(C)cc1C=O. The van der Waals surface area contributed by atoms with Crippen molar-refractivity contribution < 1.29 is 4.79 Å². The summed E-state index contributed by atoms with van der Waals surface area (Å²) >= 11 is 3.64. The van der Waals surface area contributed by atoms with E-state index in [4.69, 9.17) is 0 Å². The van der Waals surface area contributed by atoms with Crippen LogP contribution in [-0.2, 0) is 0 Å². The molecule has 0 saturated carbocycles. The number of halogens is 1. The summed E-state index contributed by atoms with van der Waals surface area (Å²) in [5.74, 6) is 0. The highest BCUT2D eigenvalue weighted by molar-refractivity contribution is 9.10. The fraction of sp³-hybridized carbons (Fsp3) is 0.188. The van der Waals surface area contributed by atoms with Gasteiger partial charge in [-0.25, -0.2) is 0 Å². The van der Waals surface area contributed by atoms with Gasteiger partial charge in [0.25, 0.3) is 0 Å². The van der Waals surface area contributed by atoms with E-state index >= 15 is 0 Å². The van der Waals surface area contributed by atoms with E-state index in [1.165, 1.54) is 16.7 Å². The van der Waals surface area contributed by atoms with Gasteiger partial charge in [0.2, 0.25) is 0 Å². The second-order valence-electron chi connectivity index (χ2n) is 4.58. The summed E-state index contributed by atoms with van der Waals surface area (Å²) < 4.78 is 1.12. The van der Waals surface area contributed by atoms with Gasteiger partial charge in [-0.1, -0.05) is 24.3 Å². The van der Waals surface area contributed by atoms with Crippen molar-refractivity contribution in [1.29, 1.82) is 0 Å². The minimum Gasteiger partial charge on any atom is -0.298 e.